The van der Waals surface area contributed by atoms with Gasteiger partial charge in [0.1, 0.15) is 35.2 Å². The van der Waals surface area contributed by atoms with E-state index in [9.17, 15) is 19.2 Å². The number of piperidine rings is 2. The second-order valence-corrected chi connectivity index (χ2v) is 18.0. The van der Waals surface area contributed by atoms with Gasteiger partial charge in [-0.2, -0.15) is 5.10 Å². The molecule has 15 heteroatoms. The van der Waals surface area contributed by atoms with Gasteiger partial charge in [-0.05, 0) is 113 Å². The number of nitrogens with one attached hydrogen (secondary N) is 2. The standard InChI is InChI=1S/C45H53N9O6/c1-45(14-15-45)60-32-7-9-36-35(23-32)41(50-49-36)37-24-39(47-27-46-37)53-16-12-29(13-17-53)26-59-31-5-2-28(3-6-31)25-51-18-20-52(21-19-51)30-4-8-33-34(22-30)44(58)54(43(33)57)38-10-11-40(55)48-42(38)56/h4,7-9,22-24,27-29,31,38H,2-3,5-6,10-21,25-26H2,1H3,(H,49,50)(H,48,55,56). The minimum absolute atomic E-state index is 0.0452. The second kappa shape index (κ2) is 15.9. The predicted octanol–water partition coefficient (Wildman–Crippen LogP) is 4.97. The first-order valence-corrected chi connectivity index (χ1v) is 21.9. The smallest absolute Gasteiger partial charge is 0.262 e. The van der Waals surface area contributed by atoms with Crippen LogP contribution in [-0.4, -0.2) is 124 Å². The second-order valence-electron chi connectivity index (χ2n) is 18.0. The largest absolute Gasteiger partial charge is 0.488 e. The Morgan fingerprint density at radius 3 is 2.33 bits per heavy atom. The number of benzene rings is 2. The lowest BCUT2D eigenvalue weighted by Gasteiger charge is -2.39. The molecule has 15 nitrogen and oxygen atoms in total. The molecule has 2 saturated carbocycles. The van der Waals surface area contributed by atoms with Crippen LogP contribution in [0.5, 0.6) is 5.75 Å². The molecule has 314 valence electrons. The number of imide groups is 2. The summed E-state index contributed by atoms with van der Waals surface area (Å²) in [6.07, 6.45) is 11.1. The molecule has 2 aromatic carbocycles. The molecule has 2 N–H and O–H groups in total. The number of ether oxygens (including phenoxy) is 2. The van der Waals surface area contributed by atoms with E-state index in [1.807, 2.05) is 18.2 Å². The molecule has 10 rings (SSSR count). The Labute approximate surface area is 349 Å². The van der Waals surface area contributed by atoms with Crippen molar-refractivity contribution in [1.82, 2.24) is 35.3 Å². The Hall–Kier alpha value is -5.41. The van der Waals surface area contributed by atoms with Gasteiger partial charge in [-0.1, -0.05) is 0 Å². The number of carbonyl (C=O) groups is 4. The van der Waals surface area contributed by atoms with Gasteiger partial charge in [0.05, 0.1) is 28.4 Å². The average Bonchev–Trinajstić information content (AvgIpc) is 3.75. The van der Waals surface area contributed by atoms with Gasteiger partial charge in [0.15, 0.2) is 0 Å². The molecule has 0 radical (unpaired) electrons. The molecule has 0 bridgehead atoms. The number of H-pyrrole nitrogens is 1. The molecule has 5 fully saturated rings. The van der Waals surface area contributed by atoms with Crippen molar-refractivity contribution in [2.45, 2.75) is 88.9 Å². The highest BCUT2D eigenvalue weighted by molar-refractivity contribution is 6.23. The normalized spacial score (nSPS) is 24.9. The number of piperazine rings is 1. The Kier molecular flexibility index (Phi) is 10.3. The topological polar surface area (TPSA) is 166 Å². The van der Waals surface area contributed by atoms with E-state index >= 15 is 0 Å². The third-order valence-corrected chi connectivity index (χ3v) is 13.7. The predicted molar refractivity (Wildman–Crippen MR) is 224 cm³/mol. The van der Waals surface area contributed by atoms with Gasteiger partial charge >= 0.3 is 0 Å². The van der Waals surface area contributed by atoms with Crippen molar-refractivity contribution in [2.75, 3.05) is 62.2 Å². The highest BCUT2D eigenvalue weighted by atomic mass is 16.5. The van der Waals surface area contributed by atoms with Crippen LogP contribution in [0, 0.1) is 11.8 Å². The summed E-state index contributed by atoms with van der Waals surface area (Å²) in [5.41, 5.74) is 4.09. The summed E-state index contributed by atoms with van der Waals surface area (Å²) in [7, 11) is 0. The summed E-state index contributed by atoms with van der Waals surface area (Å²) in [6, 6.07) is 12.6. The van der Waals surface area contributed by atoms with Gasteiger partial charge in [-0.25, -0.2) is 9.97 Å². The Morgan fingerprint density at radius 2 is 1.57 bits per heavy atom. The number of hydrogen-bond acceptors (Lipinski definition) is 12. The van der Waals surface area contributed by atoms with Crippen LogP contribution < -0.4 is 19.9 Å². The Balaban J connectivity index is 0.649. The maximum absolute atomic E-state index is 13.3. The van der Waals surface area contributed by atoms with Crippen molar-refractivity contribution in [3.8, 4) is 17.1 Å². The third kappa shape index (κ3) is 7.84. The van der Waals surface area contributed by atoms with Crippen molar-refractivity contribution in [3.05, 3.63) is 59.9 Å². The summed E-state index contributed by atoms with van der Waals surface area (Å²) in [5, 5.41) is 11.0. The molecule has 1 atom stereocenters. The number of aromatic nitrogens is 4. The molecular weight excluding hydrogens is 763 g/mol. The number of rotatable bonds is 11. The van der Waals surface area contributed by atoms with E-state index in [-0.39, 0.29) is 24.3 Å². The number of hydrogen-bond donors (Lipinski definition) is 2. The molecule has 4 aromatic rings. The zero-order chi connectivity index (χ0) is 41.0. The number of anilines is 2. The molecule has 6 heterocycles. The van der Waals surface area contributed by atoms with Crippen LogP contribution in [0.15, 0.2) is 48.8 Å². The molecule has 4 aliphatic heterocycles. The van der Waals surface area contributed by atoms with Crippen molar-refractivity contribution in [3.63, 3.8) is 0 Å². The summed E-state index contributed by atoms with van der Waals surface area (Å²) in [5.74, 6) is 1.10. The molecule has 60 heavy (non-hydrogen) atoms. The van der Waals surface area contributed by atoms with Crippen LogP contribution in [0.4, 0.5) is 11.5 Å². The Morgan fingerprint density at radius 1 is 0.783 bits per heavy atom. The van der Waals surface area contributed by atoms with Gasteiger partial charge in [0.25, 0.3) is 11.8 Å². The van der Waals surface area contributed by atoms with Crippen molar-refractivity contribution < 1.29 is 28.7 Å². The molecular formula is C45H53N9O6. The summed E-state index contributed by atoms with van der Waals surface area (Å²) in [4.78, 5) is 68.0. The lowest BCUT2D eigenvalue weighted by molar-refractivity contribution is -0.136. The van der Waals surface area contributed by atoms with Crippen LogP contribution in [0.25, 0.3) is 22.3 Å². The fraction of sp³-hybridized carbons (Fsp3) is 0.533. The van der Waals surface area contributed by atoms with E-state index in [1.54, 1.807) is 18.5 Å². The van der Waals surface area contributed by atoms with Gasteiger partial charge in [0.2, 0.25) is 11.8 Å². The Bertz CT molecular complexity index is 2300. The zero-order valence-electron chi connectivity index (χ0n) is 34.2. The summed E-state index contributed by atoms with van der Waals surface area (Å²) >= 11 is 0. The fourth-order valence-corrected chi connectivity index (χ4v) is 9.76. The maximum atomic E-state index is 13.3. The molecule has 4 amide bonds. The molecule has 6 aliphatic rings. The van der Waals surface area contributed by atoms with E-state index < -0.39 is 23.8 Å². The summed E-state index contributed by atoms with van der Waals surface area (Å²) in [6.45, 7) is 9.50. The maximum Gasteiger partial charge on any atom is 0.262 e. The van der Waals surface area contributed by atoms with Crippen molar-refractivity contribution in [2.24, 2.45) is 11.8 Å². The number of nitrogens with zero attached hydrogens (tertiary/aromatic N) is 7. The number of amides is 4. The van der Waals surface area contributed by atoms with Gasteiger partial charge in [-0.3, -0.25) is 39.4 Å². The van der Waals surface area contributed by atoms with E-state index in [0.717, 1.165) is 135 Å². The van der Waals surface area contributed by atoms with Crippen LogP contribution in [0.2, 0.25) is 0 Å². The molecule has 0 spiro atoms. The monoisotopic (exact) mass is 815 g/mol. The highest BCUT2D eigenvalue weighted by Crippen LogP contribution is 2.41. The van der Waals surface area contributed by atoms with Crippen LogP contribution >= 0.6 is 0 Å². The van der Waals surface area contributed by atoms with Crippen molar-refractivity contribution >= 4 is 46.0 Å². The minimum Gasteiger partial charge on any atom is -0.488 e. The number of carbonyl (C=O) groups excluding carboxylic acids is 4. The molecule has 3 saturated heterocycles. The van der Waals surface area contributed by atoms with Gasteiger partial charge in [0, 0.05) is 76.0 Å². The van der Waals surface area contributed by atoms with Crippen molar-refractivity contribution in [1.29, 1.82) is 0 Å². The number of aromatic amines is 1. The number of fused-ring (bicyclic) bond motifs is 2. The first-order chi connectivity index (χ1) is 29.2. The van der Waals surface area contributed by atoms with Crippen LogP contribution in [0.1, 0.15) is 91.8 Å². The zero-order valence-corrected chi connectivity index (χ0v) is 34.2. The van der Waals surface area contributed by atoms with Crippen LogP contribution in [0.3, 0.4) is 0 Å². The molecule has 1 unspecified atom stereocenters. The van der Waals surface area contributed by atoms with Gasteiger partial charge in [-0.15, -0.1) is 0 Å². The third-order valence-electron chi connectivity index (χ3n) is 13.7. The minimum atomic E-state index is -0.957. The van der Waals surface area contributed by atoms with E-state index in [0.29, 0.717) is 29.1 Å². The quantitative estimate of drug-likeness (QED) is 0.196. The first kappa shape index (κ1) is 38.8. The lowest BCUT2D eigenvalue weighted by Crippen LogP contribution is -2.54. The van der Waals surface area contributed by atoms with E-state index in [4.69, 9.17) is 9.47 Å². The first-order valence-electron chi connectivity index (χ1n) is 21.9. The average molecular weight is 816 g/mol. The fourth-order valence-electron chi connectivity index (χ4n) is 9.76. The van der Waals surface area contributed by atoms with E-state index in [1.165, 1.54) is 12.8 Å². The highest BCUT2D eigenvalue weighted by Gasteiger charge is 2.45. The molecule has 2 aliphatic carbocycles. The van der Waals surface area contributed by atoms with Crippen LogP contribution in [-0.2, 0) is 14.3 Å². The SMILES string of the molecule is CC1(Oc2ccc3[nH]nc(-c4cc(N5CCC(COC6CCC(CN7CCN(c8ccc9c(c8)C(=O)N(C8CCC(=O)NC8=O)C9=O)CC7)CC6)CC5)ncn4)c3c2)CC1. The van der Waals surface area contributed by atoms with Gasteiger partial charge < -0.3 is 19.3 Å². The lowest BCUT2D eigenvalue weighted by atomic mass is 9.86. The summed E-state index contributed by atoms with van der Waals surface area (Å²) < 4.78 is 12.8. The van der Waals surface area contributed by atoms with E-state index in [2.05, 4.69) is 59.2 Å². The molecule has 2 aromatic heterocycles.